The average Bonchev–Trinajstić information content (AvgIpc) is 3.13. The first-order chi connectivity index (χ1) is 13.4. The van der Waals surface area contributed by atoms with Crippen LogP contribution in [-0.2, 0) is 4.79 Å². The van der Waals surface area contributed by atoms with Crippen molar-refractivity contribution in [1.29, 1.82) is 5.26 Å². The molecule has 0 spiro atoms. The lowest BCUT2D eigenvalue weighted by atomic mass is 10.1. The van der Waals surface area contributed by atoms with Crippen molar-refractivity contribution in [2.45, 2.75) is 0 Å². The molecule has 140 valence electrons. The zero-order valence-electron chi connectivity index (χ0n) is 13.9. The molecule has 3 rings (SSSR count). The van der Waals surface area contributed by atoms with Gasteiger partial charge in [-0.05, 0) is 35.9 Å². The second-order valence-electron chi connectivity index (χ2n) is 5.50. The highest BCUT2D eigenvalue weighted by atomic mass is 79.9. The van der Waals surface area contributed by atoms with Crippen molar-refractivity contribution in [3.63, 3.8) is 0 Å². The van der Waals surface area contributed by atoms with Crippen molar-refractivity contribution in [2.75, 3.05) is 5.32 Å². The molecule has 0 atom stereocenters. The van der Waals surface area contributed by atoms with Gasteiger partial charge in [0, 0.05) is 15.4 Å². The highest BCUT2D eigenvalue weighted by Crippen LogP contribution is 2.33. The normalized spacial score (nSPS) is 11.1. The Hall–Kier alpha value is -2.37. The summed E-state index contributed by atoms with van der Waals surface area (Å²) in [6.45, 7) is 0. The molecule has 1 heterocycles. The minimum atomic E-state index is -0.612. The number of nitriles is 1. The summed E-state index contributed by atoms with van der Waals surface area (Å²) >= 11 is 16.4. The van der Waals surface area contributed by atoms with Crippen LogP contribution < -0.4 is 5.32 Å². The van der Waals surface area contributed by atoms with Crippen LogP contribution >= 0.6 is 50.5 Å². The van der Waals surface area contributed by atoms with Crippen molar-refractivity contribution in [1.82, 2.24) is 4.98 Å². The molecular formula is C19H10BrCl2N3O2S. The van der Waals surface area contributed by atoms with Gasteiger partial charge in [-0.15, -0.1) is 11.3 Å². The van der Waals surface area contributed by atoms with E-state index in [0.29, 0.717) is 16.4 Å². The molecule has 0 bridgehead atoms. The average molecular weight is 495 g/mol. The number of hydrogen-bond acceptors (Lipinski definition) is 5. The van der Waals surface area contributed by atoms with E-state index in [1.54, 1.807) is 0 Å². The van der Waals surface area contributed by atoms with E-state index >= 15 is 0 Å². The molecule has 1 amide bonds. The van der Waals surface area contributed by atoms with Gasteiger partial charge in [0.1, 0.15) is 11.6 Å². The van der Waals surface area contributed by atoms with E-state index in [1.807, 2.05) is 35.7 Å². The molecule has 0 saturated heterocycles. The first-order valence-corrected chi connectivity index (χ1v) is 10.1. The number of anilines is 1. The topological polar surface area (TPSA) is 86.0 Å². The maximum Gasteiger partial charge on any atom is 0.268 e. The van der Waals surface area contributed by atoms with Gasteiger partial charge in [0.25, 0.3) is 5.91 Å². The fraction of sp³-hybridized carbons (Fsp3) is 0. The number of benzene rings is 2. The van der Waals surface area contributed by atoms with Crippen LogP contribution in [0.2, 0.25) is 10.0 Å². The maximum absolute atomic E-state index is 12.4. The van der Waals surface area contributed by atoms with E-state index in [4.69, 9.17) is 23.2 Å². The van der Waals surface area contributed by atoms with E-state index in [2.05, 4.69) is 26.2 Å². The number of amides is 1. The summed E-state index contributed by atoms with van der Waals surface area (Å²) in [6.07, 6.45) is 1.33. The van der Waals surface area contributed by atoms with Gasteiger partial charge < -0.3 is 5.11 Å². The van der Waals surface area contributed by atoms with Gasteiger partial charge >= 0.3 is 0 Å². The minimum Gasteiger partial charge on any atom is -0.505 e. The standard InChI is InChI=1S/C19H10BrCl2N3O2S/c20-13-3-1-11(2-4-13)16-9-28-19(24-16)25-18(27)12(8-23)5-10-6-14(21)17(26)15(22)7-10/h1-7,9,26H,(H,24,25,27)/b12-5+. The smallest absolute Gasteiger partial charge is 0.268 e. The molecule has 1 aromatic heterocycles. The van der Waals surface area contributed by atoms with Crippen LogP contribution in [-0.4, -0.2) is 16.0 Å². The number of phenolic OH excluding ortho intramolecular Hbond substituents is 1. The summed E-state index contributed by atoms with van der Waals surface area (Å²) in [7, 11) is 0. The first kappa shape index (κ1) is 20.4. The molecule has 0 aliphatic rings. The Bertz CT molecular complexity index is 1100. The predicted molar refractivity (Wildman–Crippen MR) is 116 cm³/mol. The highest BCUT2D eigenvalue weighted by molar-refractivity contribution is 9.10. The van der Waals surface area contributed by atoms with Gasteiger partial charge in [-0.3, -0.25) is 10.1 Å². The van der Waals surface area contributed by atoms with E-state index in [9.17, 15) is 15.2 Å². The van der Waals surface area contributed by atoms with E-state index < -0.39 is 5.91 Å². The number of aromatic hydroxyl groups is 1. The SMILES string of the molecule is N#C/C(=C\c1cc(Cl)c(O)c(Cl)c1)C(=O)Nc1nc(-c2ccc(Br)cc2)cs1. The molecule has 0 saturated carbocycles. The lowest BCUT2D eigenvalue weighted by Crippen LogP contribution is -2.13. The molecule has 5 nitrogen and oxygen atoms in total. The molecule has 28 heavy (non-hydrogen) atoms. The fourth-order valence-corrected chi connectivity index (χ4v) is 3.72. The predicted octanol–water partition coefficient (Wildman–Crippen LogP) is 6.13. The van der Waals surface area contributed by atoms with Gasteiger partial charge in [0.15, 0.2) is 10.9 Å². The lowest BCUT2D eigenvalue weighted by Gasteiger charge is -2.03. The monoisotopic (exact) mass is 493 g/mol. The van der Waals surface area contributed by atoms with Gasteiger partial charge in [-0.2, -0.15) is 5.26 Å². The lowest BCUT2D eigenvalue weighted by molar-refractivity contribution is -0.112. The number of halogens is 3. The minimum absolute atomic E-state index is 0.0236. The number of carbonyl (C=O) groups is 1. The molecule has 0 fully saturated rings. The third-order valence-electron chi connectivity index (χ3n) is 3.58. The molecular weight excluding hydrogens is 485 g/mol. The number of rotatable bonds is 4. The highest BCUT2D eigenvalue weighted by Gasteiger charge is 2.14. The van der Waals surface area contributed by atoms with E-state index in [-0.39, 0.29) is 21.4 Å². The summed E-state index contributed by atoms with van der Waals surface area (Å²) in [5.41, 5.74) is 1.88. The van der Waals surface area contributed by atoms with Crippen LogP contribution in [0.5, 0.6) is 5.75 Å². The second-order valence-corrected chi connectivity index (χ2v) is 8.09. The number of carbonyl (C=O) groups excluding carboxylic acids is 1. The summed E-state index contributed by atoms with van der Waals surface area (Å²) in [5, 5.41) is 23.8. The largest absolute Gasteiger partial charge is 0.505 e. The van der Waals surface area contributed by atoms with Crippen molar-refractivity contribution in [3.8, 4) is 23.1 Å². The van der Waals surface area contributed by atoms with Gasteiger partial charge in [-0.1, -0.05) is 51.3 Å². The Morgan fingerprint density at radius 2 is 1.89 bits per heavy atom. The maximum atomic E-state index is 12.4. The van der Waals surface area contributed by atoms with Crippen molar-refractivity contribution < 1.29 is 9.90 Å². The third-order valence-corrected chi connectivity index (χ3v) is 5.44. The number of aromatic nitrogens is 1. The van der Waals surface area contributed by atoms with Gasteiger partial charge in [0.2, 0.25) is 0 Å². The zero-order chi connectivity index (χ0) is 20.3. The third kappa shape index (κ3) is 4.72. The van der Waals surface area contributed by atoms with Crippen LogP contribution in [0.25, 0.3) is 17.3 Å². The Morgan fingerprint density at radius 3 is 2.50 bits per heavy atom. The first-order valence-electron chi connectivity index (χ1n) is 7.70. The second kappa shape index (κ2) is 8.76. The van der Waals surface area contributed by atoms with E-state index in [1.165, 1.54) is 29.5 Å². The Labute approximate surface area is 183 Å². The Balaban J connectivity index is 1.80. The summed E-state index contributed by atoms with van der Waals surface area (Å²) in [5.74, 6) is -0.869. The Morgan fingerprint density at radius 1 is 1.25 bits per heavy atom. The molecule has 2 N–H and O–H groups in total. The van der Waals surface area contributed by atoms with E-state index in [0.717, 1.165) is 10.0 Å². The summed E-state index contributed by atoms with van der Waals surface area (Å²) < 4.78 is 0.957. The van der Waals surface area contributed by atoms with Crippen LogP contribution in [0.15, 0.2) is 51.8 Å². The fourth-order valence-electron chi connectivity index (χ4n) is 2.23. The number of nitrogens with one attached hydrogen (secondary N) is 1. The molecule has 0 aliphatic carbocycles. The van der Waals surface area contributed by atoms with Crippen molar-refractivity contribution in [2.24, 2.45) is 0 Å². The van der Waals surface area contributed by atoms with Gasteiger partial charge in [-0.25, -0.2) is 4.98 Å². The number of nitrogens with zero attached hydrogens (tertiary/aromatic N) is 2. The molecule has 0 aliphatic heterocycles. The van der Waals surface area contributed by atoms with Crippen LogP contribution in [0.1, 0.15) is 5.56 Å². The van der Waals surface area contributed by atoms with Crippen molar-refractivity contribution >= 4 is 67.6 Å². The molecule has 0 unspecified atom stereocenters. The summed E-state index contributed by atoms with van der Waals surface area (Å²) in [6, 6.07) is 12.3. The van der Waals surface area contributed by atoms with Crippen molar-refractivity contribution in [3.05, 3.63) is 67.4 Å². The van der Waals surface area contributed by atoms with Gasteiger partial charge in [0.05, 0.1) is 15.7 Å². The number of phenols is 1. The van der Waals surface area contributed by atoms with Crippen LogP contribution in [0.3, 0.4) is 0 Å². The molecule has 9 heteroatoms. The molecule has 2 aromatic carbocycles. The number of thiazole rings is 1. The summed E-state index contributed by atoms with van der Waals surface area (Å²) in [4.78, 5) is 16.8. The van der Waals surface area contributed by atoms with Crippen LogP contribution in [0, 0.1) is 11.3 Å². The molecule has 0 radical (unpaired) electrons. The molecule has 3 aromatic rings. The number of hydrogen-bond donors (Lipinski definition) is 2. The quantitative estimate of drug-likeness (QED) is 0.337. The zero-order valence-corrected chi connectivity index (χ0v) is 17.8. The van der Waals surface area contributed by atoms with Crippen LogP contribution in [0.4, 0.5) is 5.13 Å². The Kier molecular flexibility index (Phi) is 6.37.